The van der Waals surface area contributed by atoms with Gasteiger partial charge in [0.05, 0.1) is 40.1 Å². The standard InChI is InChI=1S/C22H22Cl2N2O4/c1-4-29-20-15(23)10-14(11-16(20)24)19-17(21(27)30-12(2)3)18(25-22(28)26-19)13-8-6-5-7-9-13/h5-12,19H,4H2,1-3H3,(H2,25,26,28). The monoisotopic (exact) mass is 448 g/mol. The fourth-order valence-corrected chi connectivity index (χ4v) is 3.79. The summed E-state index contributed by atoms with van der Waals surface area (Å²) in [5.74, 6) is -0.203. The molecule has 1 atom stereocenters. The van der Waals surface area contributed by atoms with Crippen molar-refractivity contribution in [2.75, 3.05) is 6.61 Å². The lowest BCUT2D eigenvalue weighted by Gasteiger charge is -2.30. The van der Waals surface area contributed by atoms with Gasteiger partial charge in [0.2, 0.25) is 0 Å². The second-order valence-corrected chi connectivity index (χ2v) is 7.70. The molecule has 0 spiro atoms. The zero-order chi connectivity index (χ0) is 21.8. The molecule has 2 aromatic rings. The first-order chi connectivity index (χ1) is 14.3. The van der Waals surface area contributed by atoms with Crippen LogP contribution in [0.3, 0.4) is 0 Å². The van der Waals surface area contributed by atoms with Gasteiger partial charge in [0.25, 0.3) is 0 Å². The van der Waals surface area contributed by atoms with Crippen molar-refractivity contribution >= 4 is 40.9 Å². The summed E-state index contributed by atoms with van der Waals surface area (Å²) in [7, 11) is 0. The summed E-state index contributed by atoms with van der Waals surface area (Å²) in [6, 6.07) is 11.1. The van der Waals surface area contributed by atoms with Gasteiger partial charge >= 0.3 is 12.0 Å². The lowest BCUT2D eigenvalue weighted by Crippen LogP contribution is -2.45. The Morgan fingerprint density at radius 1 is 1.13 bits per heavy atom. The maximum Gasteiger partial charge on any atom is 0.338 e. The Kier molecular flexibility index (Phi) is 6.90. The number of nitrogens with one attached hydrogen (secondary N) is 2. The molecule has 1 aliphatic rings. The molecule has 0 aliphatic carbocycles. The van der Waals surface area contributed by atoms with E-state index in [9.17, 15) is 9.59 Å². The number of amides is 2. The number of urea groups is 1. The maximum absolute atomic E-state index is 13.1. The molecule has 0 radical (unpaired) electrons. The highest BCUT2D eigenvalue weighted by Crippen LogP contribution is 2.39. The molecule has 158 valence electrons. The predicted molar refractivity (Wildman–Crippen MR) is 117 cm³/mol. The number of benzene rings is 2. The first-order valence-corrected chi connectivity index (χ1v) is 10.3. The highest BCUT2D eigenvalue weighted by Gasteiger charge is 2.35. The molecule has 8 heteroatoms. The van der Waals surface area contributed by atoms with E-state index < -0.39 is 18.0 Å². The van der Waals surface area contributed by atoms with Gasteiger partial charge in [-0.3, -0.25) is 0 Å². The minimum Gasteiger partial charge on any atom is -0.491 e. The van der Waals surface area contributed by atoms with E-state index in [-0.39, 0.29) is 21.7 Å². The van der Waals surface area contributed by atoms with E-state index in [1.165, 1.54) is 0 Å². The molecule has 1 heterocycles. The highest BCUT2D eigenvalue weighted by atomic mass is 35.5. The van der Waals surface area contributed by atoms with Crippen molar-refractivity contribution in [3.8, 4) is 5.75 Å². The molecule has 30 heavy (non-hydrogen) atoms. The third kappa shape index (κ3) is 4.71. The molecule has 2 aromatic carbocycles. The first kappa shape index (κ1) is 22.0. The van der Waals surface area contributed by atoms with Crippen LogP contribution >= 0.6 is 23.2 Å². The van der Waals surface area contributed by atoms with Crippen LogP contribution in [0.5, 0.6) is 5.75 Å². The topological polar surface area (TPSA) is 76.7 Å². The molecule has 0 bridgehead atoms. The fraction of sp³-hybridized carbons (Fsp3) is 0.273. The van der Waals surface area contributed by atoms with Crippen LogP contribution in [0, 0.1) is 0 Å². The molecule has 0 aromatic heterocycles. The third-order valence-electron chi connectivity index (χ3n) is 4.34. The molecule has 6 nitrogen and oxygen atoms in total. The second kappa shape index (κ2) is 9.41. The van der Waals surface area contributed by atoms with E-state index in [0.717, 1.165) is 0 Å². The number of carbonyl (C=O) groups excluding carboxylic acids is 2. The summed E-state index contributed by atoms with van der Waals surface area (Å²) >= 11 is 12.7. The summed E-state index contributed by atoms with van der Waals surface area (Å²) in [4.78, 5) is 25.5. The van der Waals surface area contributed by atoms with Crippen molar-refractivity contribution in [2.24, 2.45) is 0 Å². The minimum atomic E-state index is -0.814. The van der Waals surface area contributed by atoms with Crippen LogP contribution in [-0.4, -0.2) is 24.7 Å². The molecule has 1 unspecified atom stereocenters. The molecular weight excluding hydrogens is 427 g/mol. The number of hydrogen-bond donors (Lipinski definition) is 2. The molecule has 3 rings (SSSR count). The van der Waals surface area contributed by atoms with Gasteiger partial charge in [-0.15, -0.1) is 0 Å². The van der Waals surface area contributed by atoms with Crippen LogP contribution in [-0.2, 0) is 9.53 Å². The van der Waals surface area contributed by atoms with Gasteiger partial charge < -0.3 is 20.1 Å². The third-order valence-corrected chi connectivity index (χ3v) is 4.90. The molecular formula is C22H22Cl2N2O4. The molecule has 0 saturated heterocycles. The van der Waals surface area contributed by atoms with E-state index >= 15 is 0 Å². The van der Waals surface area contributed by atoms with Crippen molar-refractivity contribution in [3.05, 3.63) is 69.2 Å². The number of carbonyl (C=O) groups is 2. The van der Waals surface area contributed by atoms with Crippen LogP contribution in [0.1, 0.15) is 37.9 Å². The van der Waals surface area contributed by atoms with E-state index in [1.807, 2.05) is 25.1 Å². The predicted octanol–water partition coefficient (Wildman–Crippen LogP) is 5.11. The number of esters is 1. The van der Waals surface area contributed by atoms with Crippen molar-refractivity contribution in [1.29, 1.82) is 0 Å². The lowest BCUT2D eigenvalue weighted by atomic mass is 9.92. The molecule has 1 aliphatic heterocycles. The van der Waals surface area contributed by atoms with Crippen molar-refractivity contribution in [3.63, 3.8) is 0 Å². The lowest BCUT2D eigenvalue weighted by molar-refractivity contribution is -0.143. The van der Waals surface area contributed by atoms with Crippen molar-refractivity contribution < 1.29 is 19.1 Å². The van der Waals surface area contributed by atoms with Crippen LogP contribution < -0.4 is 15.4 Å². The van der Waals surface area contributed by atoms with E-state index in [0.29, 0.717) is 29.2 Å². The quantitative estimate of drug-likeness (QED) is 0.601. The number of hydrogen-bond acceptors (Lipinski definition) is 4. The molecule has 2 N–H and O–H groups in total. The normalized spacial score (nSPS) is 16.2. The largest absolute Gasteiger partial charge is 0.491 e. The molecule has 2 amide bonds. The average molecular weight is 449 g/mol. The average Bonchev–Trinajstić information content (AvgIpc) is 2.70. The summed E-state index contributed by atoms with van der Waals surface area (Å²) in [6.07, 6.45) is -0.340. The van der Waals surface area contributed by atoms with E-state index in [4.69, 9.17) is 32.7 Å². The van der Waals surface area contributed by atoms with Crippen LogP contribution in [0.15, 0.2) is 48.0 Å². The zero-order valence-electron chi connectivity index (χ0n) is 16.8. The van der Waals surface area contributed by atoms with Gasteiger partial charge in [-0.05, 0) is 44.0 Å². The van der Waals surface area contributed by atoms with Gasteiger partial charge in [-0.1, -0.05) is 53.5 Å². The molecule has 0 fully saturated rings. The first-order valence-electron chi connectivity index (χ1n) is 9.51. The zero-order valence-corrected chi connectivity index (χ0v) is 18.3. The SMILES string of the molecule is CCOc1c(Cl)cc(C2NC(=O)NC(c3ccccc3)=C2C(=O)OC(C)C)cc1Cl. The van der Waals surface area contributed by atoms with Gasteiger partial charge in [-0.25, -0.2) is 9.59 Å². The molecule has 0 saturated carbocycles. The Balaban J connectivity index is 2.18. The van der Waals surface area contributed by atoms with Crippen LogP contribution in [0.4, 0.5) is 4.79 Å². The van der Waals surface area contributed by atoms with E-state index in [2.05, 4.69) is 10.6 Å². The van der Waals surface area contributed by atoms with E-state index in [1.54, 1.807) is 38.1 Å². The van der Waals surface area contributed by atoms with Gasteiger partial charge in [0.15, 0.2) is 5.75 Å². The maximum atomic E-state index is 13.1. The summed E-state index contributed by atoms with van der Waals surface area (Å²) in [6.45, 7) is 5.74. The fourth-order valence-electron chi connectivity index (χ4n) is 3.17. The Morgan fingerprint density at radius 2 is 1.77 bits per heavy atom. The number of halogens is 2. The Morgan fingerprint density at radius 3 is 2.33 bits per heavy atom. The number of rotatable bonds is 6. The van der Waals surface area contributed by atoms with Gasteiger partial charge in [0.1, 0.15) is 0 Å². The Bertz CT molecular complexity index is 967. The van der Waals surface area contributed by atoms with Crippen LogP contribution in [0.25, 0.3) is 5.70 Å². The van der Waals surface area contributed by atoms with Crippen molar-refractivity contribution in [2.45, 2.75) is 32.9 Å². The van der Waals surface area contributed by atoms with Crippen LogP contribution in [0.2, 0.25) is 10.0 Å². The second-order valence-electron chi connectivity index (χ2n) is 6.89. The van der Waals surface area contributed by atoms with Gasteiger partial charge in [0, 0.05) is 0 Å². The minimum absolute atomic E-state index is 0.255. The smallest absolute Gasteiger partial charge is 0.338 e. The van der Waals surface area contributed by atoms with Crippen molar-refractivity contribution in [1.82, 2.24) is 10.6 Å². The Labute approximate surface area is 185 Å². The Hall–Kier alpha value is -2.70. The van der Waals surface area contributed by atoms with Gasteiger partial charge in [-0.2, -0.15) is 0 Å². The highest BCUT2D eigenvalue weighted by molar-refractivity contribution is 6.37. The summed E-state index contributed by atoms with van der Waals surface area (Å²) < 4.78 is 11.0. The summed E-state index contributed by atoms with van der Waals surface area (Å²) in [5.41, 5.74) is 1.84. The summed E-state index contributed by atoms with van der Waals surface area (Å²) in [5, 5.41) is 6.08. The number of ether oxygens (including phenoxy) is 2.